The Morgan fingerprint density at radius 1 is 0.944 bits per heavy atom. The Kier molecular flexibility index (Phi) is 7.16. The van der Waals surface area contributed by atoms with Gasteiger partial charge in [-0.2, -0.15) is 22.0 Å². The molecule has 0 fully saturated rings. The van der Waals surface area contributed by atoms with Crippen molar-refractivity contribution in [3.63, 3.8) is 0 Å². The second-order valence-electron chi connectivity index (χ2n) is 3.98. The second-order valence-corrected chi connectivity index (χ2v) is 3.98. The van der Waals surface area contributed by atoms with Gasteiger partial charge in [0, 0.05) is 0 Å². The molecule has 0 atom stereocenters. The lowest BCUT2D eigenvalue weighted by molar-refractivity contribution is -0.280. The molecule has 2 nitrogen and oxygen atoms in total. The van der Waals surface area contributed by atoms with Gasteiger partial charge in [0.05, 0.1) is 6.61 Å². The number of esters is 1. The molecule has 0 aliphatic heterocycles. The second kappa shape index (κ2) is 7.53. The minimum absolute atomic E-state index is 0.295. The van der Waals surface area contributed by atoms with E-state index < -0.39 is 24.7 Å². The highest BCUT2D eigenvalue weighted by molar-refractivity contribution is 5.78. The summed E-state index contributed by atoms with van der Waals surface area (Å²) in [6.07, 6.45) is -1.04. The van der Waals surface area contributed by atoms with Crippen LogP contribution in [0, 0.1) is 0 Å². The van der Waals surface area contributed by atoms with Crippen molar-refractivity contribution in [2.45, 2.75) is 57.5 Å². The maximum atomic E-state index is 12.4. The summed E-state index contributed by atoms with van der Waals surface area (Å²) in [4.78, 5) is 10.6. The molecule has 0 aliphatic carbocycles. The topological polar surface area (TPSA) is 26.3 Å². The van der Waals surface area contributed by atoms with Gasteiger partial charge >= 0.3 is 18.1 Å². The van der Waals surface area contributed by atoms with E-state index in [1.165, 1.54) is 0 Å². The van der Waals surface area contributed by atoms with Crippen LogP contribution < -0.4 is 0 Å². The average molecular weight is 276 g/mol. The van der Waals surface area contributed by atoms with Gasteiger partial charge in [-0.1, -0.05) is 39.0 Å². The highest BCUT2D eigenvalue weighted by atomic mass is 19.4. The smallest absolute Gasteiger partial charge is 0.461 e. The zero-order chi connectivity index (χ0) is 14.2. The Morgan fingerprint density at radius 2 is 1.44 bits per heavy atom. The third-order valence-electron chi connectivity index (χ3n) is 2.34. The van der Waals surface area contributed by atoms with Gasteiger partial charge in [0.15, 0.2) is 0 Å². The Balaban J connectivity index is 3.78. The molecule has 0 aromatic carbocycles. The van der Waals surface area contributed by atoms with Gasteiger partial charge in [-0.3, -0.25) is 0 Å². The van der Waals surface area contributed by atoms with Crippen molar-refractivity contribution < 1.29 is 31.5 Å². The minimum Gasteiger partial charge on any atom is -0.461 e. The van der Waals surface area contributed by atoms with E-state index in [-0.39, 0.29) is 0 Å². The van der Waals surface area contributed by atoms with Crippen LogP contribution in [-0.4, -0.2) is 24.7 Å². The lowest BCUT2D eigenvalue weighted by Crippen LogP contribution is -2.45. The van der Waals surface area contributed by atoms with Crippen LogP contribution in [0.1, 0.15) is 45.4 Å². The molecule has 108 valence electrons. The number of unbranched alkanes of at least 4 members (excludes halogenated alkanes) is 5. The Labute approximate surface area is 102 Å². The van der Waals surface area contributed by atoms with E-state index in [0.29, 0.717) is 12.8 Å². The fourth-order valence-corrected chi connectivity index (χ4v) is 1.25. The molecule has 18 heavy (non-hydrogen) atoms. The predicted molar refractivity (Wildman–Crippen MR) is 55.3 cm³/mol. The summed E-state index contributed by atoms with van der Waals surface area (Å²) in [6.45, 7) is 1.62. The Bertz CT molecular complexity index is 250. The van der Waals surface area contributed by atoms with Gasteiger partial charge in [-0.15, -0.1) is 0 Å². The maximum Gasteiger partial charge on any atom is 0.465 e. The number of carbonyl (C=O) groups excluding carboxylic acids is 1. The molecule has 0 saturated carbocycles. The molecule has 0 aromatic rings. The van der Waals surface area contributed by atoms with Crippen LogP contribution in [0.5, 0.6) is 0 Å². The van der Waals surface area contributed by atoms with Gasteiger partial charge < -0.3 is 4.74 Å². The summed E-state index contributed by atoms with van der Waals surface area (Å²) in [5, 5.41) is 0. The van der Waals surface area contributed by atoms with Crippen LogP contribution in [0.15, 0.2) is 0 Å². The lowest BCUT2D eigenvalue weighted by atomic mass is 10.1. The lowest BCUT2D eigenvalue weighted by Gasteiger charge is -2.17. The van der Waals surface area contributed by atoms with Crippen LogP contribution in [-0.2, 0) is 9.53 Å². The summed E-state index contributed by atoms with van der Waals surface area (Å²) in [5.41, 5.74) is 0. The molecule has 7 heteroatoms. The quantitative estimate of drug-likeness (QED) is 0.379. The summed E-state index contributed by atoms with van der Waals surface area (Å²) < 4.78 is 64.0. The molecule has 0 N–H and O–H groups in total. The largest absolute Gasteiger partial charge is 0.465 e. The first-order valence-electron chi connectivity index (χ1n) is 5.85. The predicted octanol–water partition coefficient (Wildman–Crippen LogP) is 4.09. The number of hydrogen-bond acceptors (Lipinski definition) is 2. The van der Waals surface area contributed by atoms with E-state index >= 15 is 0 Å². The normalized spacial score (nSPS) is 12.6. The van der Waals surface area contributed by atoms with Gasteiger partial charge in [0.1, 0.15) is 0 Å². The van der Waals surface area contributed by atoms with E-state index in [9.17, 15) is 26.7 Å². The van der Waals surface area contributed by atoms with E-state index in [4.69, 9.17) is 0 Å². The average Bonchev–Trinajstić information content (AvgIpc) is 2.26. The number of carbonyl (C=O) groups is 1. The summed E-state index contributed by atoms with van der Waals surface area (Å²) in [7, 11) is 0. The van der Waals surface area contributed by atoms with Crippen molar-refractivity contribution >= 4 is 5.97 Å². The third-order valence-corrected chi connectivity index (χ3v) is 2.34. The number of rotatable bonds is 8. The Hall–Kier alpha value is -0.880. The van der Waals surface area contributed by atoms with Gasteiger partial charge in [0.25, 0.3) is 0 Å². The molecular formula is C11H17F5O2. The van der Waals surface area contributed by atoms with Crippen molar-refractivity contribution in [3.8, 4) is 0 Å². The molecule has 0 aromatic heterocycles. The van der Waals surface area contributed by atoms with Crippen molar-refractivity contribution in [1.82, 2.24) is 0 Å². The van der Waals surface area contributed by atoms with E-state index in [0.717, 1.165) is 25.7 Å². The molecule has 0 spiro atoms. The van der Waals surface area contributed by atoms with E-state index in [1.54, 1.807) is 0 Å². The molecule has 0 aliphatic rings. The fraction of sp³-hybridized carbons (Fsp3) is 0.909. The molecular weight excluding hydrogens is 259 g/mol. The minimum atomic E-state index is -5.90. The number of ether oxygens (including phenoxy) is 1. The summed E-state index contributed by atoms with van der Waals surface area (Å²) in [5.74, 6) is -7.95. The molecule has 0 amide bonds. The fourth-order valence-electron chi connectivity index (χ4n) is 1.25. The molecule has 0 radical (unpaired) electrons. The number of hydrogen-bond donors (Lipinski definition) is 0. The van der Waals surface area contributed by atoms with Gasteiger partial charge in [0.2, 0.25) is 0 Å². The van der Waals surface area contributed by atoms with E-state index in [2.05, 4.69) is 4.74 Å². The van der Waals surface area contributed by atoms with Crippen molar-refractivity contribution in [1.29, 1.82) is 0 Å². The molecule has 0 unspecified atom stereocenters. The monoisotopic (exact) mass is 276 g/mol. The number of alkyl halides is 5. The highest BCUT2D eigenvalue weighted by Crippen LogP contribution is 2.36. The van der Waals surface area contributed by atoms with Gasteiger partial charge in [-0.05, 0) is 6.42 Å². The molecule has 0 bridgehead atoms. The Morgan fingerprint density at radius 3 is 1.94 bits per heavy atom. The first kappa shape index (κ1) is 17.1. The number of halogens is 5. The van der Waals surface area contributed by atoms with Crippen LogP contribution >= 0.6 is 0 Å². The first-order chi connectivity index (χ1) is 8.23. The van der Waals surface area contributed by atoms with Crippen molar-refractivity contribution in [2.75, 3.05) is 6.61 Å². The SMILES string of the molecule is CCCCCCCCOC(=O)C(F)(F)C(F)(F)F. The molecule has 0 rings (SSSR count). The van der Waals surface area contributed by atoms with E-state index in [1.807, 2.05) is 6.92 Å². The van der Waals surface area contributed by atoms with Crippen molar-refractivity contribution in [3.05, 3.63) is 0 Å². The third kappa shape index (κ3) is 5.64. The van der Waals surface area contributed by atoms with Gasteiger partial charge in [-0.25, -0.2) is 4.79 Å². The standard InChI is InChI=1S/C11H17F5O2/c1-2-3-4-5-6-7-8-18-9(17)10(12,13)11(14,15)16/h2-8H2,1H3. The zero-order valence-electron chi connectivity index (χ0n) is 10.2. The summed E-state index contributed by atoms with van der Waals surface area (Å²) in [6, 6.07) is 0. The summed E-state index contributed by atoms with van der Waals surface area (Å²) >= 11 is 0. The maximum absolute atomic E-state index is 12.4. The van der Waals surface area contributed by atoms with Crippen molar-refractivity contribution in [2.24, 2.45) is 0 Å². The highest BCUT2D eigenvalue weighted by Gasteiger charge is 2.64. The molecule has 0 saturated heterocycles. The van der Waals surface area contributed by atoms with Crippen LogP contribution in [0.25, 0.3) is 0 Å². The zero-order valence-corrected chi connectivity index (χ0v) is 10.2. The van der Waals surface area contributed by atoms with Crippen LogP contribution in [0.2, 0.25) is 0 Å². The molecule has 0 heterocycles. The van der Waals surface area contributed by atoms with Crippen LogP contribution in [0.4, 0.5) is 22.0 Å². The first-order valence-corrected chi connectivity index (χ1v) is 5.85. The van der Waals surface area contributed by atoms with Crippen LogP contribution in [0.3, 0.4) is 0 Å².